The molecule has 0 saturated heterocycles. The Morgan fingerprint density at radius 2 is 2.00 bits per heavy atom. The van der Waals surface area contributed by atoms with Crippen molar-refractivity contribution in [2.24, 2.45) is 4.99 Å². The molecule has 0 fully saturated rings. The summed E-state index contributed by atoms with van der Waals surface area (Å²) in [6.07, 6.45) is 4.80. The Morgan fingerprint density at radius 1 is 1.17 bits per heavy atom. The Kier molecular flexibility index (Phi) is 10.4. The van der Waals surface area contributed by atoms with Gasteiger partial charge in [0.15, 0.2) is 5.96 Å². The molecule has 0 aromatic carbocycles. The fourth-order valence-electron chi connectivity index (χ4n) is 2.24. The van der Waals surface area contributed by atoms with Crippen LogP contribution in [0.4, 0.5) is 0 Å². The van der Waals surface area contributed by atoms with Crippen LogP contribution >= 0.6 is 35.3 Å². The number of aromatic nitrogens is 1. The molecule has 0 aliphatic carbocycles. The van der Waals surface area contributed by atoms with Crippen LogP contribution in [-0.4, -0.2) is 30.7 Å². The molecule has 7 heteroatoms. The van der Waals surface area contributed by atoms with Crippen LogP contribution in [0.5, 0.6) is 0 Å². The monoisotopic (exact) mass is 460 g/mol. The van der Waals surface area contributed by atoms with Crippen molar-refractivity contribution >= 4 is 41.3 Å². The zero-order chi connectivity index (χ0) is 16.3. The van der Waals surface area contributed by atoms with Gasteiger partial charge in [-0.3, -0.25) is 9.79 Å². The topological polar surface area (TPSA) is 58.4 Å². The van der Waals surface area contributed by atoms with E-state index in [1.165, 1.54) is 4.88 Å². The molecule has 0 saturated carbocycles. The summed E-state index contributed by atoms with van der Waals surface area (Å²) >= 11 is 1.78. The van der Waals surface area contributed by atoms with Crippen LogP contribution in [0.25, 0.3) is 0 Å². The zero-order valence-electron chi connectivity index (χ0n) is 13.9. The van der Waals surface area contributed by atoms with Gasteiger partial charge in [-0.25, -0.2) is 0 Å². The molecule has 0 bridgehead atoms. The molecule has 0 radical (unpaired) electrons. The van der Waals surface area contributed by atoms with Crippen molar-refractivity contribution in [1.29, 1.82) is 0 Å². The van der Waals surface area contributed by atoms with Gasteiger partial charge in [0.2, 0.25) is 5.56 Å². The van der Waals surface area contributed by atoms with E-state index < -0.39 is 0 Å². The minimum Gasteiger partial charge on any atom is -0.356 e. The lowest BCUT2D eigenvalue weighted by Gasteiger charge is -2.11. The van der Waals surface area contributed by atoms with Gasteiger partial charge in [0.05, 0.1) is 0 Å². The van der Waals surface area contributed by atoms with Crippen LogP contribution in [-0.2, 0) is 13.0 Å². The number of hydrogen-bond acceptors (Lipinski definition) is 3. The maximum atomic E-state index is 11.6. The third-order valence-electron chi connectivity index (χ3n) is 3.48. The van der Waals surface area contributed by atoms with Crippen LogP contribution in [0.2, 0.25) is 0 Å². The molecule has 0 unspecified atom stereocenters. The predicted molar refractivity (Wildman–Crippen MR) is 113 cm³/mol. The number of hydrogen-bond donors (Lipinski definition) is 2. The summed E-state index contributed by atoms with van der Waals surface area (Å²) in [6, 6.07) is 9.47. The Bertz CT molecular complexity index is 655. The average Bonchev–Trinajstić information content (AvgIpc) is 3.08. The van der Waals surface area contributed by atoms with Crippen LogP contribution in [0.15, 0.2) is 51.7 Å². The second-order valence-electron chi connectivity index (χ2n) is 5.19. The highest BCUT2D eigenvalue weighted by molar-refractivity contribution is 14.0. The third kappa shape index (κ3) is 7.48. The van der Waals surface area contributed by atoms with Gasteiger partial charge in [-0.2, -0.15) is 0 Å². The summed E-state index contributed by atoms with van der Waals surface area (Å²) in [7, 11) is 1.78. The largest absolute Gasteiger partial charge is 0.356 e. The lowest BCUT2D eigenvalue weighted by atomic mass is 10.3. The molecule has 2 aromatic rings. The van der Waals surface area contributed by atoms with Gasteiger partial charge in [-0.05, 0) is 36.8 Å². The van der Waals surface area contributed by atoms with E-state index in [0.717, 1.165) is 44.9 Å². The predicted octanol–water partition coefficient (Wildman–Crippen LogP) is 2.72. The van der Waals surface area contributed by atoms with E-state index in [1.807, 2.05) is 12.3 Å². The van der Waals surface area contributed by atoms with Gasteiger partial charge in [0.25, 0.3) is 0 Å². The summed E-state index contributed by atoms with van der Waals surface area (Å²) < 4.78 is 1.74. The van der Waals surface area contributed by atoms with Crippen molar-refractivity contribution < 1.29 is 0 Å². The fraction of sp³-hybridized carbons (Fsp3) is 0.412. The highest BCUT2D eigenvalue weighted by Crippen LogP contribution is 2.07. The Morgan fingerprint density at radius 3 is 2.71 bits per heavy atom. The quantitative estimate of drug-likeness (QED) is 0.276. The number of pyridine rings is 1. The van der Waals surface area contributed by atoms with Crippen molar-refractivity contribution in [3.05, 3.63) is 57.1 Å². The first-order valence-electron chi connectivity index (χ1n) is 7.92. The second-order valence-corrected chi connectivity index (χ2v) is 6.23. The van der Waals surface area contributed by atoms with E-state index in [9.17, 15) is 4.79 Å². The molecule has 0 aliphatic rings. The molecule has 5 nitrogen and oxygen atoms in total. The normalized spacial score (nSPS) is 11.0. The summed E-state index contributed by atoms with van der Waals surface area (Å²) in [4.78, 5) is 17.2. The highest BCUT2D eigenvalue weighted by atomic mass is 127. The van der Waals surface area contributed by atoms with Gasteiger partial charge in [0.1, 0.15) is 0 Å². The number of nitrogens with one attached hydrogen (secondary N) is 2. The van der Waals surface area contributed by atoms with Crippen molar-refractivity contribution in [3.8, 4) is 0 Å². The lowest BCUT2D eigenvalue weighted by molar-refractivity contribution is 0.585. The first kappa shape index (κ1) is 20.7. The SMILES string of the molecule is CN=C(NCCCCn1ccccc1=O)NCCc1cccs1.I. The van der Waals surface area contributed by atoms with E-state index in [-0.39, 0.29) is 29.5 Å². The Labute approximate surface area is 164 Å². The van der Waals surface area contributed by atoms with Gasteiger partial charge in [-0.15, -0.1) is 35.3 Å². The van der Waals surface area contributed by atoms with E-state index >= 15 is 0 Å². The van der Waals surface area contributed by atoms with Gasteiger partial charge < -0.3 is 15.2 Å². The number of nitrogens with zero attached hydrogens (tertiary/aromatic N) is 2. The van der Waals surface area contributed by atoms with E-state index in [4.69, 9.17) is 0 Å². The minimum absolute atomic E-state index is 0. The zero-order valence-corrected chi connectivity index (χ0v) is 17.1. The molecule has 0 amide bonds. The van der Waals surface area contributed by atoms with Crippen LogP contribution in [0.3, 0.4) is 0 Å². The van der Waals surface area contributed by atoms with Crippen molar-refractivity contribution in [2.45, 2.75) is 25.8 Å². The molecule has 2 heterocycles. The van der Waals surface area contributed by atoms with Gasteiger partial charge >= 0.3 is 0 Å². The molecule has 0 spiro atoms. The third-order valence-corrected chi connectivity index (χ3v) is 4.42. The van der Waals surface area contributed by atoms with Gasteiger partial charge in [-0.1, -0.05) is 12.1 Å². The number of aryl methyl sites for hydroxylation is 1. The van der Waals surface area contributed by atoms with Crippen molar-refractivity contribution in [3.63, 3.8) is 0 Å². The van der Waals surface area contributed by atoms with Crippen molar-refractivity contribution in [2.75, 3.05) is 20.1 Å². The molecule has 2 aromatic heterocycles. The number of aliphatic imine (C=N–C) groups is 1. The van der Waals surface area contributed by atoms with Crippen LogP contribution in [0.1, 0.15) is 17.7 Å². The van der Waals surface area contributed by atoms with E-state index in [0.29, 0.717) is 0 Å². The molecule has 2 rings (SSSR count). The molecular weight excluding hydrogens is 435 g/mol. The Hall–Kier alpha value is -1.35. The Balaban J connectivity index is 0.00000288. The van der Waals surface area contributed by atoms with E-state index in [1.54, 1.807) is 35.1 Å². The number of halogens is 1. The molecule has 2 N–H and O–H groups in total. The maximum Gasteiger partial charge on any atom is 0.250 e. The molecular formula is C17H25IN4OS. The second kappa shape index (κ2) is 12.1. The summed E-state index contributed by atoms with van der Waals surface area (Å²) in [5.41, 5.74) is 0.0616. The fourth-order valence-corrected chi connectivity index (χ4v) is 2.95. The number of rotatable bonds is 8. The average molecular weight is 460 g/mol. The minimum atomic E-state index is 0. The molecule has 24 heavy (non-hydrogen) atoms. The number of thiophene rings is 1. The van der Waals surface area contributed by atoms with Crippen molar-refractivity contribution in [1.82, 2.24) is 15.2 Å². The number of guanidine groups is 1. The standard InChI is InChI=1S/C17H24N4OS.HI/c1-18-17(20-11-9-15-7-6-14-23-15)19-10-3-5-13-21-12-4-2-8-16(21)22;/h2,4,6-8,12,14H,3,5,9-11,13H2,1H3,(H2,18,19,20);1H. The molecule has 132 valence electrons. The summed E-state index contributed by atoms with van der Waals surface area (Å²) in [5, 5.41) is 8.72. The first-order chi connectivity index (χ1) is 11.3. The number of unbranched alkanes of at least 4 members (excludes halogenated alkanes) is 1. The maximum absolute atomic E-state index is 11.6. The smallest absolute Gasteiger partial charge is 0.250 e. The highest BCUT2D eigenvalue weighted by Gasteiger charge is 1.99. The lowest BCUT2D eigenvalue weighted by Crippen LogP contribution is -2.38. The summed E-state index contributed by atoms with van der Waals surface area (Å²) in [6.45, 7) is 2.48. The van der Waals surface area contributed by atoms with Crippen LogP contribution in [0, 0.1) is 0 Å². The molecule has 0 aliphatic heterocycles. The summed E-state index contributed by atoms with van der Waals surface area (Å²) in [5.74, 6) is 0.832. The first-order valence-corrected chi connectivity index (χ1v) is 8.80. The molecule has 0 atom stereocenters. The van der Waals surface area contributed by atoms with Gasteiger partial charge in [0, 0.05) is 43.8 Å². The van der Waals surface area contributed by atoms with E-state index in [2.05, 4.69) is 33.1 Å². The van der Waals surface area contributed by atoms with Crippen LogP contribution < -0.4 is 16.2 Å².